The van der Waals surface area contributed by atoms with Crippen LogP contribution >= 0.6 is 0 Å². The van der Waals surface area contributed by atoms with Gasteiger partial charge < -0.3 is 29.9 Å². The van der Waals surface area contributed by atoms with Crippen molar-refractivity contribution in [2.75, 3.05) is 6.61 Å². The third kappa shape index (κ3) is 7.96. The molecule has 0 radical (unpaired) electrons. The molecule has 7 rings (SSSR count). The van der Waals surface area contributed by atoms with E-state index in [1.165, 1.54) is 0 Å². The van der Waals surface area contributed by atoms with Gasteiger partial charge in [0.25, 0.3) is 5.56 Å². The van der Waals surface area contributed by atoms with E-state index in [-0.39, 0.29) is 47.2 Å². The molecule has 1 atom stereocenters. The number of allylic oxidation sites excluding steroid dienone is 2. The number of aromatic amines is 3. The number of aliphatic imine (C=N–C) groups is 1. The van der Waals surface area contributed by atoms with Gasteiger partial charge in [-0.15, -0.1) is 0 Å². The Kier molecular flexibility index (Phi) is 11.6. The summed E-state index contributed by atoms with van der Waals surface area (Å²) in [7, 11) is 0. The lowest BCUT2D eigenvalue weighted by atomic mass is 9.94. The molecule has 1 aromatic carbocycles. The van der Waals surface area contributed by atoms with E-state index in [0.29, 0.717) is 64.3 Å². The zero-order valence-corrected chi connectivity index (χ0v) is 35.3. The molecule has 16 heteroatoms. The molecule has 0 fully saturated rings. The Morgan fingerprint density at radius 3 is 2.13 bits per heavy atom. The molecule has 1 unspecified atom stereocenters. The zero-order valence-electron chi connectivity index (χ0n) is 35.3. The highest BCUT2D eigenvalue weighted by Gasteiger charge is 2.38. The van der Waals surface area contributed by atoms with Gasteiger partial charge in [0.1, 0.15) is 0 Å². The van der Waals surface area contributed by atoms with E-state index in [1.807, 2.05) is 39.8 Å². The number of alkyl halides is 6. The van der Waals surface area contributed by atoms with Gasteiger partial charge in [-0.25, -0.2) is 4.99 Å². The number of aromatic nitrogens is 4. The first-order valence-electron chi connectivity index (χ1n) is 20.4. The van der Waals surface area contributed by atoms with Gasteiger partial charge in [0.05, 0.1) is 51.7 Å². The summed E-state index contributed by atoms with van der Waals surface area (Å²) in [6, 6.07) is 1.02. The van der Waals surface area contributed by atoms with E-state index < -0.39 is 53.0 Å². The molecule has 0 aliphatic carbocycles. The Bertz CT molecular complexity index is 2900. The minimum Gasteiger partial charge on any atom is -0.494 e. The van der Waals surface area contributed by atoms with Crippen molar-refractivity contribution in [2.45, 2.75) is 106 Å². The van der Waals surface area contributed by atoms with Crippen LogP contribution in [0.1, 0.15) is 127 Å². The number of hydrogen-bond acceptors (Lipinski definition) is 5. The summed E-state index contributed by atoms with van der Waals surface area (Å²) in [4.78, 5) is 42.0. The number of rotatable bonds is 11. The largest absolute Gasteiger partial charge is 0.494 e. The summed E-state index contributed by atoms with van der Waals surface area (Å²) in [6.07, 6.45) is -2.95. The molecule has 10 nitrogen and oxygen atoms in total. The second-order valence-electron chi connectivity index (χ2n) is 16.0. The highest BCUT2D eigenvalue weighted by molar-refractivity contribution is 6.23. The van der Waals surface area contributed by atoms with E-state index in [9.17, 15) is 46.1 Å². The molecule has 5 N–H and O–H groups in total. The van der Waals surface area contributed by atoms with Gasteiger partial charge in [0, 0.05) is 46.4 Å². The molecule has 2 aliphatic rings. The number of ether oxygens (including phenoxy) is 1. The number of aromatic hydroxyl groups is 1. The standard InChI is InChI=1S/C46H47F6N5O5/c1-8-10-13-62-25(7)38-23(5)33-17-32-22(4)30(11-12-37(58)59)41(55-32)40-42-39(24(6)34(56-42)18-35-29(9-2)21(3)31(53-35)19-36(38)54-33)43(60)57(44(40)61)20-26-14-27(45(47,48)49)16-28(15-26)46(50,51)52/h14-19,25,53-54,56,61H,8-13,20H2,1-7H3,(H,58,59). The lowest BCUT2D eigenvalue weighted by Crippen LogP contribution is -2.24. The van der Waals surface area contributed by atoms with E-state index in [4.69, 9.17) is 9.73 Å². The topological polar surface area (TPSA) is 148 Å². The third-order valence-corrected chi connectivity index (χ3v) is 11.9. The van der Waals surface area contributed by atoms with Crippen LogP contribution in [0, 0.1) is 20.8 Å². The van der Waals surface area contributed by atoms with E-state index in [0.717, 1.165) is 50.7 Å². The van der Waals surface area contributed by atoms with E-state index >= 15 is 0 Å². The van der Waals surface area contributed by atoms with Gasteiger partial charge in [0.2, 0.25) is 5.88 Å². The smallest absolute Gasteiger partial charge is 0.416 e. The van der Waals surface area contributed by atoms with Crippen molar-refractivity contribution in [3.63, 3.8) is 0 Å². The predicted molar refractivity (Wildman–Crippen MR) is 225 cm³/mol. The van der Waals surface area contributed by atoms with Crippen LogP contribution in [0.25, 0.3) is 29.1 Å². The van der Waals surface area contributed by atoms with Gasteiger partial charge in [0.15, 0.2) is 0 Å². The maximum atomic E-state index is 14.6. The molecule has 0 saturated carbocycles. The number of carboxylic acid groups (broad SMARTS) is 1. The quantitative estimate of drug-likeness (QED) is 0.0664. The second kappa shape index (κ2) is 16.3. The van der Waals surface area contributed by atoms with Crippen molar-refractivity contribution >= 4 is 40.8 Å². The number of carboxylic acids is 1. The molecule has 328 valence electrons. The van der Waals surface area contributed by atoms with Crippen LogP contribution < -0.4 is 16.3 Å². The molecule has 8 bridgehead atoms. The molecular weight excluding hydrogens is 817 g/mol. The van der Waals surface area contributed by atoms with Gasteiger partial charge in [-0.3, -0.25) is 14.2 Å². The summed E-state index contributed by atoms with van der Waals surface area (Å²) < 4.78 is 91.0. The zero-order chi connectivity index (χ0) is 45.2. The Hall–Kier alpha value is -6.03. The van der Waals surface area contributed by atoms with Crippen LogP contribution in [-0.2, 0) is 34.8 Å². The van der Waals surface area contributed by atoms with Crippen molar-refractivity contribution in [1.29, 1.82) is 0 Å². The van der Waals surface area contributed by atoms with Gasteiger partial charge in [-0.1, -0.05) is 20.3 Å². The normalized spacial score (nSPS) is 14.7. The number of unbranched alkanes of at least 4 members (excludes halogenated alkanes) is 1. The number of pyridine rings is 1. The summed E-state index contributed by atoms with van der Waals surface area (Å²) in [6.45, 7) is 13.1. The van der Waals surface area contributed by atoms with Crippen LogP contribution in [0.5, 0.6) is 5.88 Å². The Balaban J connectivity index is 1.59. The predicted octanol–water partition coefficient (Wildman–Crippen LogP) is 9.14. The Labute approximate surface area is 352 Å². The molecule has 4 aromatic heterocycles. The highest BCUT2D eigenvalue weighted by Crippen LogP contribution is 2.41. The fourth-order valence-electron chi connectivity index (χ4n) is 8.59. The van der Waals surface area contributed by atoms with Crippen LogP contribution in [-0.4, -0.2) is 48.0 Å². The number of fused-ring (bicyclic) bond motifs is 7. The Morgan fingerprint density at radius 1 is 0.871 bits per heavy atom. The van der Waals surface area contributed by atoms with Crippen molar-refractivity contribution in [3.05, 3.63) is 123 Å². The number of nitrogens with zero attached hydrogens (tertiary/aromatic N) is 2. The van der Waals surface area contributed by atoms with Crippen LogP contribution in [0.15, 0.2) is 44.8 Å². The first kappa shape index (κ1) is 44.0. The summed E-state index contributed by atoms with van der Waals surface area (Å²) in [5, 5.41) is 23.6. The number of nitrogens with one attached hydrogen (secondary N) is 3. The molecule has 0 amide bonds. The van der Waals surface area contributed by atoms with Crippen molar-refractivity contribution in [3.8, 4) is 5.88 Å². The first-order chi connectivity index (χ1) is 29.1. The van der Waals surface area contributed by atoms with E-state index in [1.54, 1.807) is 19.9 Å². The number of hydrogen-bond donors (Lipinski definition) is 5. The lowest BCUT2D eigenvalue weighted by Gasteiger charge is -2.18. The summed E-state index contributed by atoms with van der Waals surface area (Å²) in [5.41, 5.74) is 2.92. The molecule has 2 aliphatic heterocycles. The monoisotopic (exact) mass is 863 g/mol. The van der Waals surface area contributed by atoms with Gasteiger partial charge in [-0.2, -0.15) is 26.3 Å². The second-order valence-corrected chi connectivity index (χ2v) is 16.0. The molecule has 0 spiro atoms. The average Bonchev–Trinajstić information content (AvgIpc) is 3.88. The van der Waals surface area contributed by atoms with E-state index in [2.05, 4.69) is 21.9 Å². The maximum Gasteiger partial charge on any atom is 0.416 e. The van der Waals surface area contributed by atoms with Crippen LogP contribution in [0.2, 0.25) is 0 Å². The summed E-state index contributed by atoms with van der Waals surface area (Å²) >= 11 is 0. The fraction of sp³-hybridized carbons (Fsp3) is 0.370. The number of aryl methyl sites for hydroxylation is 1. The van der Waals surface area contributed by atoms with Gasteiger partial charge >= 0.3 is 18.3 Å². The molecule has 5 aromatic rings. The first-order valence-corrected chi connectivity index (χ1v) is 20.4. The lowest BCUT2D eigenvalue weighted by molar-refractivity contribution is -0.143. The average molecular weight is 864 g/mol. The summed E-state index contributed by atoms with van der Waals surface area (Å²) in [5.74, 6) is -1.91. The third-order valence-electron chi connectivity index (χ3n) is 11.9. The van der Waals surface area contributed by atoms with Crippen molar-refractivity contribution < 1.29 is 46.1 Å². The van der Waals surface area contributed by atoms with Crippen molar-refractivity contribution in [1.82, 2.24) is 19.5 Å². The number of halogens is 6. The maximum absolute atomic E-state index is 14.6. The number of carbonyl (C=O) groups is 1. The molecule has 6 heterocycles. The van der Waals surface area contributed by atoms with Crippen LogP contribution in [0.3, 0.4) is 0 Å². The van der Waals surface area contributed by atoms with Crippen LogP contribution in [0.4, 0.5) is 26.3 Å². The van der Waals surface area contributed by atoms with Gasteiger partial charge in [-0.05, 0) is 129 Å². The minimum absolute atomic E-state index is 0.00556. The highest BCUT2D eigenvalue weighted by atomic mass is 19.4. The van der Waals surface area contributed by atoms with Crippen molar-refractivity contribution in [2.24, 2.45) is 4.99 Å². The Morgan fingerprint density at radius 2 is 1.52 bits per heavy atom. The number of benzene rings is 1. The fourth-order valence-corrected chi connectivity index (χ4v) is 8.59. The number of H-pyrrole nitrogens is 3. The number of aliphatic carboxylic acids is 1. The SMILES string of the molecule is CCCCOC(C)c1c2[nH]c(c1C)C=C1N=C(C(CCC(=O)O)=C1C)c1c(O)n(Cc3cc(C(F)(F)F)cc(C(F)(F)F)c3)c(=O)c3c(C)c([nH]c13)C=c1[nH]c(c(C)c1CC)=C2. The molecular formula is C46H47F6N5O5. The minimum atomic E-state index is -5.16. The molecule has 0 saturated heterocycles. The molecule has 62 heavy (non-hydrogen) atoms.